The van der Waals surface area contributed by atoms with Crippen LogP contribution in [0, 0.1) is 0 Å². The maximum atomic E-state index is 11.9. The molecule has 0 radical (unpaired) electrons. The largest absolute Gasteiger partial charge is 0.507 e. The second-order valence-corrected chi connectivity index (χ2v) is 4.62. The molecule has 2 rings (SSSR count). The smallest absolute Gasteiger partial charge is 0.341 e. The molecular weight excluding hydrogens is 284 g/mol. The lowest BCUT2D eigenvalue weighted by Crippen LogP contribution is -2.08. The average molecular weight is 302 g/mol. The normalized spacial score (nSPS) is 10.1. The molecule has 0 heterocycles. The summed E-state index contributed by atoms with van der Waals surface area (Å²) in [5, 5.41) is 9.77. The van der Waals surface area contributed by atoms with Gasteiger partial charge < -0.3 is 19.3 Å². The number of aromatic hydroxyl groups is 1. The van der Waals surface area contributed by atoms with Crippen molar-refractivity contribution in [2.75, 3.05) is 20.8 Å². The fraction of sp³-hybridized carbons (Fsp3) is 0.235. The molecule has 0 unspecified atom stereocenters. The molecule has 0 aliphatic rings. The topological polar surface area (TPSA) is 65.0 Å². The summed E-state index contributed by atoms with van der Waals surface area (Å²) in [5.74, 6) is 0.540. The molecule has 0 aromatic heterocycles. The first kappa shape index (κ1) is 15.7. The van der Waals surface area contributed by atoms with E-state index in [0.29, 0.717) is 12.2 Å². The van der Waals surface area contributed by atoms with Crippen molar-refractivity contribution in [3.05, 3.63) is 53.6 Å². The van der Waals surface area contributed by atoms with Gasteiger partial charge in [-0.1, -0.05) is 12.1 Å². The molecule has 2 aromatic rings. The van der Waals surface area contributed by atoms with E-state index in [1.807, 2.05) is 24.3 Å². The van der Waals surface area contributed by atoms with Crippen LogP contribution in [0.25, 0.3) is 0 Å². The molecular formula is C17H18O5. The van der Waals surface area contributed by atoms with E-state index in [0.717, 1.165) is 11.3 Å². The Morgan fingerprint density at radius 3 is 2.23 bits per heavy atom. The molecule has 0 amide bonds. The Kier molecular flexibility index (Phi) is 5.25. The summed E-state index contributed by atoms with van der Waals surface area (Å²) in [7, 11) is 3.10. The number of carbonyl (C=O) groups excluding carboxylic acids is 1. The zero-order valence-corrected chi connectivity index (χ0v) is 12.5. The van der Waals surface area contributed by atoms with Gasteiger partial charge >= 0.3 is 5.97 Å². The van der Waals surface area contributed by atoms with E-state index in [9.17, 15) is 9.90 Å². The number of phenols is 1. The summed E-state index contributed by atoms with van der Waals surface area (Å²) < 4.78 is 15.2. The second-order valence-electron chi connectivity index (χ2n) is 4.62. The van der Waals surface area contributed by atoms with Gasteiger partial charge in [-0.15, -0.1) is 0 Å². The van der Waals surface area contributed by atoms with Crippen LogP contribution in [0.3, 0.4) is 0 Å². The van der Waals surface area contributed by atoms with Crippen molar-refractivity contribution in [1.29, 1.82) is 0 Å². The van der Waals surface area contributed by atoms with Crippen molar-refractivity contribution in [2.24, 2.45) is 0 Å². The van der Waals surface area contributed by atoms with Gasteiger partial charge in [-0.05, 0) is 29.8 Å². The number of esters is 1. The van der Waals surface area contributed by atoms with Crippen LogP contribution < -0.4 is 9.47 Å². The van der Waals surface area contributed by atoms with E-state index < -0.39 is 5.97 Å². The van der Waals surface area contributed by atoms with Gasteiger partial charge in [-0.3, -0.25) is 0 Å². The SMILES string of the molecule is COc1ccc(CCOC(=O)c2ccc(OC)cc2O)cc1. The van der Waals surface area contributed by atoms with Gasteiger partial charge in [0.05, 0.1) is 20.8 Å². The third-order valence-corrected chi connectivity index (χ3v) is 3.21. The van der Waals surface area contributed by atoms with Crippen LogP contribution in [-0.4, -0.2) is 31.9 Å². The lowest BCUT2D eigenvalue weighted by atomic mass is 10.1. The Hall–Kier alpha value is -2.69. The first-order valence-corrected chi connectivity index (χ1v) is 6.81. The van der Waals surface area contributed by atoms with E-state index in [-0.39, 0.29) is 17.9 Å². The molecule has 0 fully saturated rings. The number of rotatable bonds is 6. The van der Waals surface area contributed by atoms with Gasteiger partial charge in [0, 0.05) is 12.5 Å². The highest BCUT2D eigenvalue weighted by molar-refractivity contribution is 5.92. The number of hydrogen-bond acceptors (Lipinski definition) is 5. The fourth-order valence-corrected chi connectivity index (χ4v) is 1.94. The van der Waals surface area contributed by atoms with Crippen LogP contribution in [0.4, 0.5) is 0 Å². The second kappa shape index (κ2) is 7.36. The number of methoxy groups -OCH3 is 2. The van der Waals surface area contributed by atoms with E-state index in [1.165, 1.54) is 19.2 Å². The summed E-state index contributed by atoms with van der Waals surface area (Å²) in [6.45, 7) is 0.233. The minimum absolute atomic E-state index is 0.121. The lowest BCUT2D eigenvalue weighted by Gasteiger charge is -2.08. The monoisotopic (exact) mass is 302 g/mol. The first-order valence-electron chi connectivity index (χ1n) is 6.81. The third-order valence-electron chi connectivity index (χ3n) is 3.21. The predicted molar refractivity (Wildman–Crippen MR) is 81.6 cm³/mol. The van der Waals surface area contributed by atoms with Crippen LogP contribution in [0.15, 0.2) is 42.5 Å². The van der Waals surface area contributed by atoms with Crippen molar-refractivity contribution in [3.8, 4) is 17.2 Å². The van der Waals surface area contributed by atoms with Crippen molar-refractivity contribution in [3.63, 3.8) is 0 Å². The predicted octanol–water partition coefficient (Wildman–Crippen LogP) is 2.81. The molecule has 2 aromatic carbocycles. The molecule has 0 bridgehead atoms. The Balaban J connectivity index is 1.89. The molecule has 116 valence electrons. The van der Waals surface area contributed by atoms with Gasteiger partial charge in [-0.25, -0.2) is 4.79 Å². The molecule has 0 saturated heterocycles. The fourth-order valence-electron chi connectivity index (χ4n) is 1.94. The number of benzene rings is 2. The van der Waals surface area contributed by atoms with E-state index in [2.05, 4.69) is 0 Å². The number of carbonyl (C=O) groups is 1. The highest BCUT2D eigenvalue weighted by Crippen LogP contribution is 2.24. The van der Waals surface area contributed by atoms with Crippen LogP contribution in [0.2, 0.25) is 0 Å². The van der Waals surface area contributed by atoms with Crippen molar-refractivity contribution in [1.82, 2.24) is 0 Å². The zero-order valence-electron chi connectivity index (χ0n) is 12.5. The van der Waals surface area contributed by atoms with Gasteiger partial charge in [0.15, 0.2) is 0 Å². The van der Waals surface area contributed by atoms with Gasteiger partial charge in [0.2, 0.25) is 0 Å². The first-order chi connectivity index (χ1) is 10.6. The van der Waals surface area contributed by atoms with Crippen molar-refractivity contribution >= 4 is 5.97 Å². The molecule has 0 saturated carbocycles. The molecule has 0 spiro atoms. The summed E-state index contributed by atoms with van der Waals surface area (Å²) in [5.41, 5.74) is 1.16. The highest BCUT2D eigenvalue weighted by Gasteiger charge is 2.13. The number of phenolic OH excluding ortho intramolecular Hbond substituents is 1. The molecule has 5 heteroatoms. The summed E-state index contributed by atoms with van der Waals surface area (Å²) >= 11 is 0. The Morgan fingerprint density at radius 2 is 1.64 bits per heavy atom. The van der Waals surface area contributed by atoms with E-state index in [4.69, 9.17) is 14.2 Å². The number of ether oxygens (including phenoxy) is 3. The molecule has 1 N–H and O–H groups in total. The van der Waals surface area contributed by atoms with Crippen molar-refractivity contribution in [2.45, 2.75) is 6.42 Å². The minimum Gasteiger partial charge on any atom is -0.507 e. The third kappa shape index (κ3) is 3.91. The van der Waals surface area contributed by atoms with Crippen LogP contribution >= 0.6 is 0 Å². The quantitative estimate of drug-likeness (QED) is 0.831. The average Bonchev–Trinajstić information content (AvgIpc) is 2.55. The summed E-state index contributed by atoms with van der Waals surface area (Å²) in [4.78, 5) is 11.9. The highest BCUT2D eigenvalue weighted by atomic mass is 16.5. The maximum Gasteiger partial charge on any atom is 0.341 e. The molecule has 0 aliphatic carbocycles. The van der Waals surface area contributed by atoms with Crippen molar-refractivity contribution < 1.29 is 24.1 Å². The Bertz CT molecular complexity index is 634. The molecule has 22 heavy (non-hydrogen) atoms. The molecule has 0 aliphatic heterocycles. The molecule has 0 atom stereocenters. The Morgan fingerprint density at radius 1 is 1.00 bits per heavy atom. The van der Waals surface area contributed by atoms with Gasteiger partial charge in [0.25, 0.3) is 0 Å². The summed E-state index contributed by atoms with van der Waals surface area (Å²) in [6, 6.07) is 12.0. The minimum atomic E-state index is -0.561. The van der Waals surface area contributed by atoms with Crippen LogP contribution in [-0.2, 0) is 11.2 Å². The zero-order chi connectivity index (χ0) is 15.9. The lowest BCUT2D eigenvalue weighted by molar-refractivity contribution is 0.0506. The summed E-state index contributed by atoms with van der Waals surface area (Å²) in [6.07, 6.45) is 0.590. The van der Waals surface area contributed by atoms with Crippen LogP contribution in [0.5, 0.6) is 17.2 Å². The van der Waals surface area contributed by atoms with E-state index in [1.54, 1.807) is 13.2 Å². The van der Waals surface area contributed by atoms with E-state index >= 15 is 0 Å². The van der Waals surface area contributed by atoms with Gasteiger partial charge in [-0.2, -0.15) is 0 Å². The van der Waals surface area contributed by atoms with Crippen LogP contribution in [0.1, 0.15) is 15.9 Å². The molecule has 5 nitrogen and oxygen atoms in total. The maximum absolute atomic E-state index is 11.9. The Labute approximate surface area is 129 Å². The van der Waals surface area contributed by atoms with Gasteiger partial charge in [0.1, 0.15) is 22.8 Å². The standard InChI is InChI=1S/C17H18O5/c1-20-13-5-3-12(4-6-13)9-10-22-17(19)15-8-7-14(21-2)11-16(15)18/h3-8,11,18H,9-10H2,1-2H3. The number of hydrogen-bond donors (Lipinski definition) is 1.